The Labute approximate surface area is 105 Å². The van der Waals surface area contributed by atoms with E-state index in [0.29, 0.717) is 6.04 Å². The van der Waals surface area contributed by atoms with Crippen LogP contribution in [0.4, 0.5) is 0 Å². The van der Waals surface area contributed by atoms with Crippen molar-refractivity contribution in [1.82, 2.24) is 5.32 Å². The van der Waals surface area contributed by atoms with Crippen molar-refractivity contribution in [3.8, 4) is 0 Å². The molecule has 0 aromatic rings. The lowest BCUT2D eigenvalue weighted by atomic mass is 9.78. The minimum absolute atomic E-state index is 0.172. The van der Waals surface area contributed by atoms with Gasteiger partial charge in [-0.05, 0) is 25.7 Å². The highest BCUT2D eigenvalue weighted by Gasteiger charge is 2.41. The molecule has 2 aliphatic rings. The second kappa shape index (κ2) is 6.17. The van der Waals surface area contributed by atoms with Crippen molar-refractivity contribution in [2.24, 2.45) is 0 Å². The van der Waals surface area contributed by atoms with Crippen molar-refractivity contribution in [3.05, 3.63) is 0 Å². The molecule has 100 valence electrons. The Balaban J connectivity index is 2.00. The molecule has 2 aliphatic carbocycles. The number of nitrogens with one attached hydrogen (secondary N) is 1. The van der Waals surface area contributed by atoms with Gasteiger partial charge in [0.05, 0.1) is 18.2 Å². The van der Waals surface area contributed by atoms with Crippen LogP contribution in [0.2, 0.25) is 0 Å². The second-order valence-electron chi connectivity index (χ2n) is 5.76. The molecule has 2 saturated carbocycles. The van der Waals surface area contributed by atoms with Gasteiger partial charge in [-0.2, -0.15) is 0 Å². The maximum Gasteiger partial charge on any atom is 0.0775 e. The van der Waals surface area contributed by atoms with E-state index in [9.17, 15) is 5.11 Å². The Kier molecular flexibility index (Phi) is 4.83. The molecule has 0 radical (unpaired) electrons. The lowest BCUT2D eigenvalue weighted by molar-refractivity contribution is -0.0452. The topological polar surface area (TPSA) is 41.5 Å². The van der Waals surface area contributed by atoms with Gasteiger partial charge < -0.3 is 15.2 Å². The van der Waals surface area contributed by atoms with E-state index in [2.05, 4.69) is 5.32 Å². The summed E-state index contributed by atoms with van der Waals surface area (Å²) in [5.41, 5.74) is -0.172. The van der Waals surface area contributed by atoms with Gasteiger partial charge in [0.2, 0.25) is 0 Å². The van der Waals surface area contributed by atoms with Crippen molar-refractivity contribution >= 4 is 0 Å². The number of rotatable bonds is 4. The lowest BCUT2D eigenvalue weighted by Gasteiger charge is -2.45. The Morgan fingerprint density at radius 3 is 2.47 bits per heavy atom. The molecule has 3 heteroatoms. The largest absolute Gasteiger partial charge is 0.394 e. The fourth-order valence-corrected chi connectivity index (χ4v) is 3.60. The van der Waals surface area contributed by atoms with Gasteiger partial charge in [-0.15, -0.1) is 0 Å². The van der Waals surface area contributed by atoms with Crippen molar-refractivity contribution in [2.75, 3.05) is 13.7 Å². The van der Waals surface area contributed by atoms with Gasteiger partial charge in [0.15, 0.2) is 0 Å². The van der Waals surface area contributed by atoms with Crippen molar-refractivity contribution < 1.29 is 9.84 Å². The number of aliphatic hydroxyl groups is 1. The molecule has 0 amide bonds. The van der Waals surface area contributed by atoms with Gasteiger partial charge in [-0.3, -0.25) is 0 Å². The van der Waals surface area contributed by atoms with Crippen LogP contribution in [0.5, 0.6) is 0 Å². The van der Waals surface area contributed by atoms with Gasteiger partial charge in [0, 0.05) is 13.2 Å². The van der Waals surface area contributed by atoms with E-state index in [0.717, 1.165) is 12.8 Å². The summed E-state index contributed by atoms with van der Waals surface area (Å²) in [4.78, 5) is 0. The van der Waals surface area contributed by atoms with Crippen LogP contribution in [0.15, 0.2) is 0 Å². The van der Waals surface area contributed by atoms with E-state index in [1.807, 2.05) is 0 Å². The zero-order valence-electron chi connectivity index (χ0n) is 11.1. The van der Waals surface area contributed by atoms with Gasteiger partial charge in [-0.1, -0.05) is 32.1 Å². The standard InChI is InChI=1S/C14H27NO2/c1-17-13-9-5-6-10-14(13,11-16)15-12-7-3-2-4-8-12/h12-13,15-16H,2-11H2,1H3. The summed E-state index contributed by atoms with van der Waals surface area (Å²) >= 11 is 0. The molecule has 0 saturated heterocycles. The fraction of sp³-hybridized carbons (Fsp3) is 1.00. The monoisotopic (exact) mass is 241 g/mol. The van der Waals surface area contributed by atoms with E-state index in [1.165, 1.54) is 44.9 Å². The molecule has 2 N–H and O–H groups in total. The molecule has 2 rings (SSSR count). The summed E-state index contributed by atoms with van der Waals surface area (Å²) in [7, 11) is 1.78. The molecule has 2 unspecified atom stereocenters. The summed E-state index contributed by atoms with van der Waals surface area (Å²) in [5.74, 6) is 0. The van der Waals surface area contributed by atoms with Crippen LogP contribution in [0.25, 0.3) is 0 Å². The number of ether oxygens (including phenoxy) is 1. The highest BCUT2D eigenvalue weighted by atomic mass is 16.5. The molecule has 0 aromatic carbocycles. The summed E-state index contributed by atoms with van der Waals surface area (Å²) in [6.45, 7) is 0.210. The number of methoxy groups -OCH3 is 1. The normalized spacial score (nSPS) is 36.0. The van der Waals surface area contributed by atoms with Crippen molar-refractivity contribution in [2.45, 2.75) is 75.5 Å². The summed E-state index contributed by atoms with van der Waals surface area (Å²) in [6.07, 6.45) is 11.3. The summed E-state index contributed by atoms with van der Waals surface area (Å²) in [6, 6.07) is 0.589. The average Bonchev–Trinajstić information content (AvgIpc) is 2.40. The van der Waals surface area contributed by atoms with Gasteiger partial charge >= 0.3 is 0 Å². The fourth-order valence-electron chi connectivity index (χ4n) is 3.60. The summed E-state index contributed by atoms with van der Waals surface area (Å²) < 4.78 is 5.62. The smallest absolute Gasteiger partial charge is 0.0775 e. The van der Waals surface area contributed by atoms with E-state index in [-0.39, 0.29) is 18.2 Å². The molecular weight excluding hydrogens is 214 g/mol. The maximum atomic E-state index is 9.83. The predicted octanol–water partition coefficient (Wildman–Crippen LogP) is 2.23. The lowest BCUT2D eigenvalue weighted by Crippen LogP contribution is -2.62. The third-order valence-corrected chi connectivity index (χ3v) is 4.62. The number of hydrogen-bond acceptors (Lipinski definition) is 3. The Hall–Kier alpha value is -0.120. The first-order valence-corrected chi connectivity index (χ1v) is 7.22. The minimum atomic E-state index is -0.172. The molecule has 0 spiro atoms. The van der Waals surface area contributed by atoms with E-state index in [4.69, 9.17) is 4.74 Å². The van der Waals surface area contributed by atoms with Gasteiger partial charge in [0.25, 0.3) is 0 Å². The van der Waals surface area contributed by atoms with Crippen molar-refractivity contribution in [3.63, 3.8) is 0 Å². The minimum Gasteiger partial charge on any atom is -0.394 e. The molecule has 0 aliphatic heterocycles. The van der Waals surface area contributed by atoms with Crippen LogP contribution in [0.1, 0.15) is 57.8 Å². The highest BCUT2D eigenvalue weighted by Crippen LogP contribution is 2.32. The molecule has 0 bridgehead atoms. The van der Waals surface area contributed by atoms with Gasteiger partial charge in [0.1, 0.15) is 0 Å². The molecule has 2 atom stereocenters. The van der Waals surface area contributed by atoms with E-state index in [1.54, 1.807) is 7.11 Å². The van der Waals surface area contributed by atoms with Crippen LogP contribution >= 0.6 is 0 Å². The Bertz CT molecular complexity index is 228. The molecule has 0 heterocycles. The Morgan fingerprint density at radius 1 is 1.12 bits per heavy atom. The zero-order valence-corrected chi connectivity index (χ0v) is 11.1. The van der Waals surface area contributed by atoms with E-state index >= 15 is 0 Å². The maximum absolute atomic E-state index is 9.83. The van der Waals surface area contributed by atoms with Gasteiger partial charge in [-0.25, -0.2) is 0 Å². The number of aliphatic hydroxyl groups excluding tert-OH is 1. The van der Waals surface area contributed by atoms with Crippen LogP contribution in [-0.4, -0.2) is 36.5 Å². The van der Waals surface area contributed by atoms with Crippen LogP contribution in [-0.2, 0) is 4.74 Å². The molecule has 17 heavy (non-hydrogen) atoms. The first kappa shape index (κ1) is 13.3. The van der Waals surface area contributed by atoms with E-state index < -0.39 is 0 Å². The predicted molar refractivity (Wildman–Crippen MR) is 69.1 cm³/mol. The SMILES string of the molecule is COC1CCCCC1(CO)NC1CCCCC1. The average molecular weight is 241 g/mol. The first-order valence-electron chi connectivity index (χ1n) is 7.22. The quantitative estimate of drug-likeness (QED) is 0.793. The van der Waals surface area contributed by atoms with Crippen LogP contribution < -0.4 is 5.32 Å². The zero-order chi connectivity index (χ0) is 12.1. The van der Waals surface area contributed by atoms with Crippen molar-refractivity contribution in [1.29, 1.82) is 0 Å². The molecular formula is C14H27NO2. The first-order chi connectivity index (χ1) is 8.30. The summed E-state index contributed by atoms with van der Waals surface area (Å²) in [5, 5.41) is 13.6. The van der Waals surface area contributed by atoms with Crippen LogP contribution in [0, 0.1) is 0 Å². The third-order valence-electron chi connectivity index (χ3n) is 4.62. The Morgan fingerprint density at radius 2 is 1.82 bits per heavy atom. The third kappa shape index (κ3) is 3.01. The molecule has 3 nitrogen and oxygen atoms in total. The highest BCUT2D eigenvalue weighted by molar-refractivity contribution is 5.00. The second-order valence-corrected chi connectivity index (χ2v) is 5.76. The molecule has 2 fully saturated rings. The van der Waals surface area contributed by atoms with Crippen LogP contribution in [0.3, 0.4) is 0 Å². The number of hydrogen-bond donors (Lipinski definition) is 2. The molecule has 0 aromatic heterocycles.